The zero-order valence-corrected chi connectivity index (χ0v) is 11.9. The fourth-order valence-corrected chi connectivity index (χ4v) is 3.00. The second kappa shape index (κ2) is 5.71. The normalized spacial score (nSPS) is 23.8. The summed E-state index contributed by atoms with van der Waals surface area (Å²) in [6.07, 6.45) is 2.45. The Kier molecular flexibility index (Phi) is 3.78. The number of benzene rings is 1. The molecule has 0 aromatic heterocycles. The van der Waals surface area contributed by atoms with Gasteiger partial charge in [-0.25, -0.2) is 4.79 Å². The lowest BCUT2D eigenvalue weighted by atomic mass is 10.1. The van der Waals surface area contributed by atoms with Crippen LogP contribution in [0.4, 0.5) is 16.2 Å². The van der Waals surface area contributed by atoms with Crippen molar-refractivity contribution >= 4 is 17.4 Å². The summed E-state index contributed by atoms with van der Waals surface area (Å²) in [7, 11) is 2.17. The number of likely N-dealkylation sites (tertiary alicyclic amines) is 1. The smallest absolute Gasteiger partial charge is 0.321 e. The van der Waals surface area contributed by atoms with Crippen molar-refractivity contribution < 1.29 is 4.79 Å². The number of urea groups is 1. The monoisotopic (exact) mass is 274 g/mol. The molecule has 1 aromatic rings. The molecular formula is C15H22N4O. The zero-order chi connectivity index (χ0) is 13.9. The summed E-state index contributed by atoms with van der Waals surface area (Å²) in [4.78, 5) is 15.9. The van der Waals surface area contributed by atoms with Gasteiger partial charge in [0.05, 0.1) is 0 Å². The van der Waals surface area contributed by atoms with Crippen LogP contribution in [0.3, 0.4) is 0 Å². The molecule has 2 amide bonds. The molecule has 2 aliphatic heterocycles. The lowest BCUT2D eigenvalue weighted by Crippen LogP contribution is -2.39. The molecule has 20 heavy (non-hydrogen) atoms. The van der Waals surface area contributed by atoms with Crippen LogP contribution in [-0.2, 0) is 0 Å². The molecule has 1 atom stereocenters. The number of hydrogen-bond acceptors (Lipinski definition) is 3. The van der Waals surface area contributed by atoms with Gasteiger partial charge in [0.2, 0.25) is 0 Å². The Morgan fingerprint density at radius 2 is 2.25 bits per heavy atom. The number of anilines is 2. The second-order valence-corrected chi connectivity index (χ2v) is 5.68. The highest BCUT2D eigenvalue weighted by atomic mass is 16.2. The average molecular weight is 274 g/mol. The van der Waals surface area contributed by atoms with Gasteiger partial charge in [-0.2, -0.15) is 0 Å². The molecule has 2 heterocycles. The SMILES string of the molecule is CN1CCCC(Nc2cccc(N3CCNC3=O)c2)C1. The molecular weight excluding hydrogens is 252 g/mol. The molecule has 1 unspecified atom stereocenters. The van der Waals surface area contributed by atoms with E-state index in [1.807, 2.05) is 12.1 Å². The van der Waals surface area contributed by atoms with Gasteiger partial charge in [0, 0.05) is 37.1 Å². The zero-order valence-electron chi connectivity index (χ0n) is 11.9. The number of likely N-dealkylation sites (N-methyl/N-ethyl adjacent to an activating group) is 1. The molecule has 2 N–H and O–H groups in total. The van der Waals surface area contributed by atoms with E-state index in [0.717, 1.165) is 31.0 Å². The maximum absolute atomic E-state index is 11.7. The minimum absolute atomic E-state index is 0.000417. The topological polar surface area (TPSA) is 47.6 Å². The lowest BCUT2D eigenvalue weighted by molar-refractivity contribution is 0.252. The molecule has 108 valence electrons. The molecule has 5 heteroatoms. The van der Waals surface area contributed by atoms with E-state index in [1.54, 1.807) is 4.90 Å². The Morgan fingerprint density at radius 3 is 3.00 bits per heavy atom. The molecule has 5 nitrogen and oxygen atoms in total. The van der Waals surface area contributed by atoms with Crippen LogP contribution < -0.4 is 15.5 Å². The van der Waals surface area contributed by atoms with E-state index in [4.69, 9.17) is 0 Å². The van der Waals surface area contributed by atoms with Gasteiger partial charge < -0.3 is 15.5 Å². The Morgan fingerprint density at radius 1 is 1.35 bits per heavy atom. The van der Waals surface area contributed by atoms with E-state index in [1.165, 1.54) is 19.4 Å². The van der Waals surface area contributed by atoms with Crippen molar-refractivity contribution in [3.05, 3.63) is 24.3 Å². The highest BCUT2D eigenvalue weighted by molar-refractivity contribution is 5.94. The Hall–Kier alpha value is -1.75. The van der Waals surface area contributed by atoms with Gasteiger partial charge in [-0.1, -0.05) is 6.07 Å². The quantitative estimate of drug-likeness (QED) is 0.882. The van der Waals surface area contributed by atoms with Crippen LogP contribution in [0.2, 0.25) is 0 Å². The van der Waals surface area contributed by atoms with Crippen LogP contribution in [0.5, 0.6) is 0 Å². The van der Waals surface area contributed by atoms with Crippen LogP contribution in [0.1, 0.15) is 12.8 Å². The summed E-state index contributed by atoms with van der Waals surface area (Å²) >= 11 is 0. The number of nitrogens with one attached hydrogen (secondary N) is 2. The lowest BCUT2D eigenvalue weighted by Gasteiger charge is -2.31. The maximum atomic E-state index is 11.7. The summed E-state index contributed by atoms with van der Waals surface area (Å²) < 4.78 is 0. The average Bonchev–Trinajstić information content (AvgIpc) is 2.85. The largest absolute Gasteiger partial charge is 0.381 e. The summed E-state index contributed by atoms with van der Waals surface area (Å²) in [6, 6.07) is 8.64. The molecule has 0 spiro atoms. The van der Waals surface area contributed by atoms with E-state index in [-0.39, 0.29) is 6.03 Å². The Balaban J connectivity index is 1.69. The molecule has 0 radical (unpaired) electrons. The van der Waals surface area contributed by atoms with Gasteiger partial charge in [0.1, 0.15) is 0 Å². The number of carbonyl (C=O) groups excluding carboxylic acids is 1. The molecule has 3 rings (SSSR count). The molecule has 2 aliphatic rings. The number of nitrogens with zero attached hydrogens (tertiary/aromatic N) is 2. The maximum Gasteiger partial charge on any atom is 0.321 e. The van der Waals surface area contributed by atoms with Crippen molar-refractivity contribution in [1.82, 2.24) is 10.2 Å². The minimum atomic E-state index is -0.000417. The van der Waals surface area contributed by atoms with Crippen LogP contribution in [-0.4, -0.2) is 50.2 Å². The highest BCUT2D eigenvalue weighted by Gasteiger charge is 2.22. The van der Waals surface area contributed by atoms with Crippen molar-refractivity contribution in [1.29, 1.82) is 0 Å². The molecule has 0 bridgehead atoms. The van der Waals surface area contributed by atoms with Crippen molar-refractivity contribution in [2.45, 2.75) is 18.9 Å². The number of carbonyl (C=O) groups is 1. The van der Waals surface area contributed by atoms with Crippen LogP contribution >= 0.6 is 0 Å². The highest BCUT2D eigenvalue weighted by Crippen LogP contribution is 2.22. The van der Waals surface area contributed by atoms with Crippen molar-refractivity contribution in [2.75, 3.05) is 43.4 Å². The third kappa shape index (κ3) is 2.88. The van der Waals surface area contributed by atoms with Gasteiger partial charge in [-0.15, -0.1) is 0 Å². The van der Waals surface area contributed by atoms with Crippen molar-refractivity contribution in [3.8, 4) is 0 Å². The third-order valence-corrected chi connectivity index (χ3v) is 4.01. The van der Waals surface area contributed by atoms with Crippen molar-refractivity contribution in [2.24, 2.45) is 0 Å². The van der Waals surface area contributed by atoms with Crippen LogP contribution in [0.25, 0.3) is 0 Å². The molecule has 1 aromatic carbocycles. The first kappa shape index (κ1) is 13.2. The van der Waals surface area contributed by atoms with E-state index >= 15 is 0 Å². The van der Waals surface area contributed by atoms with E-state index < -0.39 is 0 Å². The molecule has 2 saturated heterocycles. The number of amides is 2. The first-order valence-electron chi connectivity index (χ1n) is 7.33. The first-order valence-corrected chi connectivity index (χ1v) is 7.33. The first-order chi connectivity index (χ1) is 9.72. The van der Waals surface area contributed by atoms with E-state index in [2.05, 4.69) is 34.7 Å². The predicted molar refractivity (Wildman–Crippen MR) is 81.3 cm³/mol. The standard InChI is InChI=1S/C15H22N4O/c1-18-8-3-5-13(11-18)17-12-4-2-6-14(10-12)19-9-7-16-15(19)20/h2,4,6,10,13,17H,3,5,7-9,11H2,1H3,(H,16,20). The Bertz CT molecular complexity index is 491. The number of hydrogen-bond donors (Lipinski definition) is 2. The predicted octanol–water partition coefficient (Wildman–Crippen LogP) is 1.72. The third-order valence-electron chi connectivity index (χ3n) is 4.01. The van der Waals surface area contributed by atoms with E-state index in [9.17, 15) is 4.79 Å². The molecule has 0 saturated carbocycles. The van der Waals surface area contributed by atoms with Gasteiger partial charge in [-0.3, -0.25) is 4.90 Å². The summed E-state index contributed by atoms with van der Waals surface area (Å²) in [5, 5.41) is 6.42. The van der Waals surface area contributed by atoms with Crippen LogP contribution in [0, 0.1) is 0 Å². The Labute approximate surface area is 119 Å². The van der Waals surface area contributed by atoms with Crippen LogP contribution in [0.15, 0.2) is 24.3 Å². The minimum Gasteiger partial charge on any atom is -0.381 e. The number of rotatable bonds is 3. The molecule has 2 fully saturated rings. The van der Waals surface area contributed by atoms with Gasteiger partial charge >= 0.3 is 6.03 Å². The second-order valence-electron chi connectivity index (χ2n) is 5.68. The summed E-state index contributed by atoms with van der Waals surface area (Å²) in [5.74, 6) is 0. The fourth-order valence-electron chi connectivity index (χ4n) is 3.00. The van der Waals surface area contributed by atoms with Gasteiger partial charge in [-0.05, 0) is 44.6 Å². The van der Waals surface area contributed by atoms with Gasteiger partial charge in [0.25, 0.3) is 0 Å². The fraction of sp³-hybridized carbons (Fsp3) is 0.533. The molecule has 0 aliphatic carbocycles. The number of piperidine rings is 1. The summed E-state index contributed by atoms with van der Waals surface area (Å²) in [6.45, 7) is 3.74. The summed E-state index contributed by atoms with van der Waals surface area (Å²) in [5.41, 5.74) is 2.07. The van der Waals surface area contributed by atoms with Crippen molar-refractivity contribution in [3.63, 3.8) is 0 Å². The van der Waals surface area contributed by atoms with E-state index in [0.29, 0.717) is 6.04 Å². The van der Waals surface area contributed by atoms with Gasteiger partial charge in [0.15, 0.2) is 0 Å².